The van der Waals surface area contributed by atoms with Crippen LogP contribution in [0.4, 0.5) is 5.69 Å². The fourth-order valence-electron chi connectivity index (χ4n) is 1.67. The van der Waals surface area contributed by atoms with Gasteiger partial charge in [0.05, 0.1) is 0 Å². The molecule has 0 heterocycles. The minimum absolute atomic E-state index is 0.0256. The van der Waals surface area contributed by atoms with Crippen LogP contribution in [0.25, 0.3) is 0 Å². The topological polar surface area (TPSA) is 55.1 Å². The van der Waals surface area contributed by atoms with E-state index in [0.29, 0.717) is 12.5 Å². The summed E-state index contributed by atoms with van der Waals surface area (Å²) >= 11 is 0. The van der Waals surface area contributed by atoms with E-state index in [1.54, 1.807) is 0 Å². The molecule has 3 heteroatoms. The van der Waals surface area contributed by atoms with E-state index in [-0.39, 0.29) is 11.8 Å². The number of rotatable bonds is 6. The van der Waals surface area contributed by atoms with E-state index in [9.17, 15) is 4.79 Å². The van der Waals surface area contributed by atoms with Crippen molar-refractivity contribution < 1.29 is 4.79 Å². The first-order valence-electron chi connectivity index (χ1n) is 6.64. The molecule has 1 rings (SSSR count). The molecular formula is C15H24N2O. The molecule has 0 aliphatic carbocycles. The van der Waals surface area contributed by atoms with Gasteiger partial charge < -0.3 is 11.1 Å². The number of hydrogen-bond donors (Lipinski definition) is 2. The Hall–Kier alpha value is -1.35. The molecule has 0 radical (unpaired) electrons. The minimum Gasteiger partial charge on any atom is -0.330 e. The summed E-state index contributed by atoms with van der Waals surface area (Å²) in [6.45, 7) is 6.77. The molecule has 0 aromatic heterocycles. The first kappa shape index (κ1) is 14.7. The summed E-state index contributed by atoms with van der Waals surface area (Å²) in [5, 5.41) is 2.97. The molecule has 0 fully saturated rings. The lowest BCUT2D eigenvalue weighted by Gasteiger charge is -2.15. The van der Waals surface area contributed by atoms with Gasteiger partial charge in [0.2, 0.25) is 5.91 Å². The molecule has 1 amide bonds. The van der Waals surface area contributed by atoms with Crippen molar-refractivity contribution in [2.24, 2.45) is 17.6 Å². The maximum Gasteiger partial charge on any atom is 0.227 e. The average molecular weight is 248 g/mol. The molecular weight excluding hydrogens is 224 g/mol. The van der Waals surface area contributed by atoms with Crippen LogP contribution in [0.15, 0.2) is 24.3 Å². The minimum atomic E-state index is 0.0256. The molecule has 0 bridgehead atoms. The van der Waals surface area contributed by atoms with Gasteiger partial charge in [0.1, 0.15) is 0 Å². The molecule has 1 atom stereocenters. The van der Waals surface area contributed by atoms with Gasteiger partial charge in [0.15, 0.2) is 0 Å². The first-order valence-corrected chi connectivity index (χ1v) is 6.64. The fraction of sp³-hybridized carbons (Fsp3) is 0.533. The molecule has 0 saturated carbocycles. The Morgan fingerprint density at radius 1 is 1.33 bits per heavy atom. The van der Waals surface area contributed by atoms with Crippen LogP contribution in [0.1, 0.15) is 32.8 Å². The first-order chi connectivity index (χ1) is 8.54. The normalized spacial score (nSPS) is 12.5. The van der Waals surface area contributed by atoms with Gasteiger partial charge in [-0.25, -0.2) is 0 Å². The van der Waals surface area contributed by atoms with Crippen molar-refractivity contribution in [1.29, 1.82) is 0 Å². The number of carbonyl (C=O) groups excluding carboxylic acids is 1. The largest absolute Gasteiger partial charge is 0.330 e. The Morgan fingerprint density at radius 3 is 2.67 bits per heavy atom. The molecule has 3 nitrogen and oxygen atoms in total. The standard InChI is InChI=1S/C15H24N2O/c1-11(2)12(3)15(18)17-14-8-4-6-13(10-14)7-5-9-16/h4,6,8,10-12H,5,7,9,16H2,1-3H3,(H,17,18). The van der Waals surface area contributed by atoms with E-state index in [0.717, 1.165) is 18.5 Å². The SMILES string of the molecule is CC(C)C(C)C(=O)Nc1cccc(CCCN)c1. The molecule has 1 aromatic rings. The predicted molar refractivity (Wildman–Crippen MR) is 76.4 cm³/mol. The van der Waals surface area contributed by atoms with E-state index in [4.69, 9.17) is 5.73 Å². The second-order valence-electron chi connectivity index (χ2n) is 5.11. The number of benzene rings is 1. The van der Waals surface area contributed by atoms with Crippen LogP contribution in [0.3, 0.4) is 0 Å². The van der Waals surface area contributed by atoms with Gasteiger partial charge >= 0.3 is 0 Å². The van der Waals surface area contributed by atoms with Crippen LogP contribution >= 0.6 is 0 Å². The summed E-state index contributed by atoms with van der Waals surface area (Å²) in [6.07, 6.45) is 1.93. The van der Waals surface area contributed by atoms with Gasteiger partial charge in [0.25, 0.3) is 0 Å². The molecule has 1 unspecified atom stereocenters. The highest BCUT2D eigenvalue weighted by Crippen LogP contribution is 2.16. The molecule has 1 aromatic carbocycles. The third kappa shape index (κ3) is 4.49. The lowest BCUT2D eigenvalue weighted by Crippen LogP contribution is -2.24. The quantitative estimate of drug-likeness (QED) is 0.813. The second-order valence-corrected chi connectivity index (χ2v) is 5.11. The van der Waals surface area contributed by atoms with Gasteiger partial charge in [0, 0.05) is 11.6 Å². The van der Waals surface area contributed by atoms with Crippen molar-refractivity contribution in [3.05, 3.63) is 29.8 Å². The van der Waals surface area contributed by atoms with Gasteiger partial charge in [-0.3, -0.25) is 4.79 Å². The lowest BCUT2D eigenvalue weighted by atomic mass is 9.97. The third-order valence-electron chi connectivity index (χ3n) is 3.28. The summed E-state index contributed by atoms with van der Waals surface area (Å²) < 4.78 is 0. The smallest absolute Gasteiger partial charge is 0.227 e. The zero-order valence-corrected chi connectivity index (χ0v) is 11.6. The Morgan fingerprint density at radius 2 is 2.06 bits per heavy atom. The van der Waals surface area contributed by atoms with Gasteiger partial charge in [-0.1, -0.05) is 32.9 Å². The number of carbonyl (C=O) groups is 1. The Kier molecular flexibility index (Phi) is 5.86. The number of nitrogens with two attached hydrogens (primary N) is 1. The molecule has 18 heavy (non-hydrogen) atoms. The number of aryl methyl sites for hydroxylation is 1. The summed E-state index contributed by atoms with van der Waals surface area (Å²) in [6, 6.07) is 8.00. The second kappa shape index (κ2) is 7.17. The predicted octanol–water partition coefficient (Wildman–Crippen LogP) is 2.81. The monoisotopic (exact) mass is 248 g/mol. The highest BCUT2D eigenvalue weighted by atomic mass is 16.1. The average Bonchev–Trinajstić information content (AvgIpc) is 2.35. The van der Waals surface area contributed by atoms with Crippen molar-refractivity contribution in [2.75, 3.05) is 11.9 Å². The van der Waals surface area contributed by atoms with Crippen LogP contribution < -0.4 is 11.1 Å². The summed E-state index contributed by atoms with van der Waals surface area (Å²) in [7, 11) is 0. The van der Waals surface area contributed by atoms with Crippen molar-refractivity contribution in [2.45, 2.75) is 33.6 Å². The number of anilines is 1. The summed E-state index contributed by atoms with van der Waals surface area (Å²) in [4.78, 5) is 11.9. The van der Waals surface area contributed by atoms with E-state index >= 15 is 0 Å². The van der Waals surface area contributed by atoms with Gasteiger partial charge in [-0.05, 0) is 43.0 Å². The van der Waals surface area contributed by atoms with Crippen LogP contribution in [-0.4, -0.2) is 12.5 Å². The van der Waals surface area contributed by atoms with E-state index < -0.39 is 0 Å². The molecule has 0 saturated heterocycles. The van der Waals surface area contributed by atoms with Gasteiger partial charge in [-0.2, -0.15) is 0 Å². The Bertz CT molecular complexity index is 388. The van der Waals surface area contributed by atoms with Crippen LogP contribution in [0.2, 0.25) is 0 Å². The van der Waals surface area contributed by atoms with Crippen LogP contribution in [-0.2, 0) is 11.2 Å². The van der Waals surface area contributed by atoms with Crippen molar-refractivity contribution in [3.63, 3.8) is 0 Å². The van der Waals surface area contributed by atoms with E-state index in [1.165, 1.54) is 5.56 Å². The molecule has 0 aliphatic heterocycles. The maximum absolute atomic E-state index is 11.9. The molecule has 100 valence electrons. The van der Waals surface area contributed by atoms with Gasteiger partial charge in [-0.15, -0.1) is 0 Å². The van der Waals surface area contributed by atoms with Crippen molar-refractivity contribution in [3.8, 4) is 0 Å². The fourth-order valence-corrected chi connectivity index (χ4v) is 1.67. The van der Waals surface area contributed by atoms with E-state index in [1.807, 2.05) is 25.1 Å². The summed E-state index contributed by atoms with van der Waals surface area (Å²) in [5.74, 6) is 0.462. The van der Waals surface area contributed by atoms with Crippen molar-refractivity contribution in [1.82, 2.24) is 0 Å². The Balaban J connectivity index is 2.64. The number of amides is 1. The molecule has 3 N–H and O–H groups in total. The van der Waals surface area contributed by atoms with E-state index in [2.05, 4.69) is 25.2 Å². The Labute approximate surface area is 110 Å². The van der Waals surface area contributed by atoms with Crippen LogP contribution in [0.5, 0.6) is 0 Å². The molecule has 0 spiro atoms. The lowest BCUT2D eigenvalue weighted by molar-refractivity contribution is -0.120. The highest BCUT2D eigenvalue weighted by molar-refractivity contribution is 5.92. The molecule has 0 aliphatic rings. The number of hydrogen-bond acceptors (Lipinski definition) is 2. The van der Waals surface area contributed by atoms with Crippen LogP contribution in [0, 0.1) is 11.8 Å². The van der Waals surface area contributed by atoms with Crippen molar-refractivity contribution >= 4 is 11.6 Å². The third-order valence-corrected chi connectivity index (χ3v) is 3.28. The highest BCUT2D eigenvalue weighted by Gasteiger charge is 2.16. The maximum atomic E-state index is 11.9. The summed E-state index contributed by atoms with van der Waals surface area (Å²) in [5.41, 5.74) is 7.59. The zero-order chi connectivity index (χ0) is 13.5. The zero-order valence-electron chi connectivity index (χ0n) is 11.6. The number of nitrogens with one attached hydrogen (secondary N) is 1.